The molecule has 1 aromatic carbocycles. The van der Waals surface area contributed by atoms with Gasteiger partial charge in [0.2, 0.25) is 5.91 Å². The highest BCUT2D eigenvalue weighted by Crippen LogP contribution is 2.32. The van der Waals surface area contributed by atoms with E-state index in [9.17, 15) is 9.59 Å². The number of fused-ring (bicyclic) bond motifs is 1. The van der Waals surface area contributed by atoms with Gasteiger partial charge >= 0.3 is 5.97 Å². The van der Waals surface area contributed by atoms with Crippen molar-refractivity contribution in [2.45, 2.75) is 52.0 Å². The van der Waals surface area contributed by atoms with E-state index in [2.05, 4.69) is 19.1 Å². The molecule has 0 radical (unpaired) electrons. The number of rotatable bonds is 5. The molecule has 1 amide bonds. The molecule has 25 heavy (non-hydrogen) atoms. The van der Waals surface area contributed by atoms with Crippen molar-refractivity contribution >= 4 is 11.9 Å². The highest BCUT2D eigenvalue weighted by Gasteiger charge is 2.33. The monoisotopic (exact) mass is 345 g/mol. The third kappa shape index (κ3) is 4.14. The first-order chi connectivity index (χ1) is 12.1. The lowest BCUT2D eigenvalue weighted by Crippen LogP contribution is -2.41. The summed E-state index contributed by atoms with van der Waals surface area (Å²) in [5, 5.41) is 9.09. The van der Waals surface area contributed by atoms with Gasteiger partial charge in [0, 0.05) is 19.0 Å². The Balaban J connectivity index is 1.59. The molecule has 0 aromatic heterocycles. The molecule has 1 aliphatic heterocycles. The zero-order chi connectivity index (χ0) is 17.8. The number of carbonyl (C=O) groups is 2. The summed E-state index contributed by atoms with van der Waals surface area (Å²) < 4.78 is 5.69. The third-order valence-corrected chi connectivity index (χ3v) is 5.40. The molecule has 2 aliphatic rings. The van der Waals surface area contributed by atoms with Gasteiger partial charge in [0.15, 0.2) is 0 Å². The molecular formula is C20H27NO4. The number of carbonyl (C=O) groups excluding carboxylic acids is 1. The topological polar surface area (TPSA) is 66.8 Å². The van der Waals surface area contributed by atoms with E-state index in [4.69, 9.17) is 9.84 Å². The van der Waals surface area contributed by atoms with Crippen LogP contribution in [0.3, 0.4) is 0 Å². The zero-order valence-electron chi connectivity index (χ0n) is 14.9. The highest BCUT2D eigenvalue weighted by atomic mass is 16.5. The van der Waals surface area contributed by atoms with Crippen molar-refractivity contribution in [2.75, 3.05) is 13.2 Å². The average molecular weight is 345 g/mol. The van der Waals surface area contributed by atoms with E-state index < -0.39 is 5.97 Å². The Morgan fingerprint density at radius 3 is 2.56 bits per heavy atom. The quantitative estimate of drug-likeness (QED) is 0.889. The van der Waals surface area contributed by atoms with Gasteiger partial charge < -0.3 is 14.7 Å². The van der Waals surface area contributed by atoms with E-state index in [0.29, 0.717) is 32.2 Å². The van der Waals surface area contributed by atoms with E-state index in [1.807, 2.05) is 11.0 Å². The van der Waals surface area contributed by atoms with Crippen molar-refractivity contribution in [3.05, 3.63) is 29.3 Å². The molecule has 3 rings (SSSR count). The minimum Gasteiger partial charge on any atom is -0.494 e. The van der Waals surface area contributed by atoms with Crippen LogP contribution < -0.4 is 4.74 Å². The molecule has 1 fully saturated rings. The molecule has 0 atom stereocenters. The Morgan fingerprint density at radius 2 is 1.88 bits per heavy atom. The number of benzene rings is 1. The van der Waals surface area contributed by atoms with Gasteiger partial charge in [-0.25, -0.2) is 0 Å². The summed E-state index contributed by atoms with van der Waals surface area (Å²) >= 11 is 0. The van der Waals surface area contributed by atoms with Crippen molar-refractivity contribution in [1.29, 1.82) is 0 Å². The van der Waals surface area contributed by atoms with Crippen LogP contribution in [-0.2, 0) is 22.6 Å². The Bertz CT molecular complexity index is 635. The maximum Gasteiger partial charge on any atom is 0.306 e. The molecule has 0 unspecified atom stereocenters. The van der Waals surface area contributed by atoms with Crippen LogP contribution in [0, 0.1) is 11.8 Å². The van der Waals surface area contributed by atoms with Crippen molar-refractivity contribution < 1.29 is 19.4 Å². The number of carboxylic acid groups (broad SMARTS) is 1. The maximum absolute atomic E-state index is 12.8. The van der Waals surface area contributed by atoms with Gasteiger partial charge in [0.25, 0.3) is 0 Å². The van der Waals surface area contributed by atoms with Crippen LogP contribution in [-0.4, -0.2) is 35.0 Å². The molecule has 0 saturated heterocycles. The molecule has 0 bridgehead atoms. The van der Waals surface area contributed by atoms with E-state index in [-0.39, 0.29) is 17.7 Å². The number of carboxylic acids is 1. The molecule has 1 aromatic rings. The van der Waals surface area contributed by atoms with Crippen molar-refractivity contribution in [1.82, 2.24) is 4.90 Å². The van der Waals surface area contributed by atoms with E-state index in [0.717, 1.165) is 31.7 Å². The maximum atomic E-state index is 12.8. The van der Waals surface area contributed by atoms with Gasteiger partial charge in [-0.3, -0.25) is 9.59 Å². The first-order valence-electron chi connectivity index (χ1n) is 9.34. The lowest BCUT2D eigenvalue weighted by Gasteiger charge is -2.34. The van der Waals surface area contributed by atoms with Gasteiger partial charge in [-0.05, 0) is 61.8 Å². The fourth-order valence-electron chi connectivity index (χ4n) is 3.87. The minimum atomic E-state index is -0.723. The van der Waals surface area contributed by atoms with Gasteiger partial charge in [0.05, 0.1) is 12.5 Å². The van der Waals surface area contributed by atoms with Crippen LogP contribution in [0.2, 0.25) is 0 Å². The molecule has 136 valence electrons. The molecule has 5 nitrogen and oxygen atoms in total. The molecule has 1 N–H and O–H groups in total. The van der Waals surface area contributed by atoms with Crippen LogP contribution in [0.5, 0.6) is 5.75 Å². The predicted octanol–water partition coefficient (Wildman–Crippen LogP) is 3.25. The number of hydrogen-bond donors (Lipinski definition) is 1. The van der Waals surface area contributed by atoms with Crippen molar-refractivity contribution in [3.63, 3.8) is 0 Å². The summed E-state index contributed by atoms with van der Waals surface area (Å²) in [6.45, 7) is 4.21. The fourth-order valence-corrected chi connectivity index (χ4v) is 3.87. The Labute approximate surface area is 149 Å². The van der Waals surface area contributed by atoms with E-state index >= 15 is 0 Å². The van der Waals surface area contributed by atoms with E-state index in [1.165, 1.54) is 11.1 Å². The number of amides is 1. The normalized spacial score (nSPS) is 23.0. The van der Waals surface area contributed by atoms with E-state index in [1.54, 1.807) is 0 Å². The molecule has 1 heterocycles. The van der Waals surface area contributed by atoms with Crippen LogP contribution >= 0.6 is 0 Å². The predicted molar refractivity (Wildman–Crippen MR) is 94.4 cm³/mol. The van der Waals surface area contributed by atoms with Crippen LogP contribution in [0.1, 0.15) is 50.2 Å². The van der Waals surface area contributed by atoms with Crippen LogP contribution in [0.25, 0.3) is 0 Å². The Hall–Kier alpha value is -2.04. The summed E-state index contributed by atoms with van der Waals surface area (Å²) in [4.78, 5) is 25.8. The Kier molecular flexibility index (Phi) is 5.61. The molecule has 5 heteroatoms. The van der Waals surface area contributed by atoms with Gasteiger partial charge in [-0.1, -0.05) is 13.0 Å². The first kappa shape index (κ1) is 17.8. The average Bonchev–Trinajstić information content (AvgIpc) is 2.65. The molecule has 0 spiro atoms. The molecule has 1 saturated carbocycles. The number of aliphatic carboxylic acids is 1. The largest absolute Gasteiger partial charge is 0.494 e. The molecule has 1 aliphatic carbocycles. The van der Waals surface area contributed by atoms with Crippen molar-refractivity contribution in [2.24, 2.45) is 11.8 Å². The lowest BCUT2D eigenvalue weighted by molar-refractivity contribution is -0.146. The van der Waals surface area contributed by atoms with Gasteiger partial charge in [0.1, 0.15) is 5.75 Å². The second kappa shape index (κ2) is 7.89. The number of nitrogens with zero attached hydrogens (tertiary/aromatic N) is 1. The second-order valence-corrected chi connectivity index (χ2v) is 7.18. The molecular weight excluding hydrogens is 318 g/mol. The summed E-state index contributed by atoms with van der Waals surface area (Å²) in [6, 6.07) is 6.16. The SMILES string of the molecule is CCCOc1ccc2c(c1)CCN(C(=O)C1CCC(C(=O)O)CC1)C2. The zero-order valence-corrected chi connectivity index (χ0v) is 14.9. The lowest BCUT2D eigenvalue weighted by atomic mass is 9.81. The van der Waals surface area contributed by atoms with Crippen LogP contribution in [0.4, 0.5) is 0 Å². The summed E-state index contributed by atoms with van der Waals surface area (Å²) in [5.74, 6) is 0.101. The number of hydrogen-bond acceptors (Lipinski definition) is 3. The van der Waals surface area contributed by atoms with Crippen molar-refractivity contribution in [3.8, 4) is 5.75 Å². The standard InChI is InChI=1S/C20H27NO4/c1-2-11-25-18-8-7-17-13-21(10-9-16(17)12-18)19(22)14-3-5-15(6-4-14)20(23)24/h7-8,12,14-15H,2-6,9-11,13H2,1H3,(H,23,24). The number of ether oxygens (including phenoxy) is 1. The Morgan fingerprint density at radius 1 is 1.16 bits per heavy atom. The first-order valence-corrected chi connectivity index (χ1v) is 9.34. The summed E-state index contributed by atoms with van der Waals surface area (Å²) in [7, 11) is 0. The smallest absolute Gasteiger partial charge is 0.306 e. The van der Waals surface area contributed by atoms with Gasteiger partial charge in [-0.15, -0.1) is 0 Å². The summed E-state index contributed by atoms with van der Waals surface area (Å²) in [5.41, 5.74) is 2.47. The third-order valence-electron chi connectivity index (χ3n) is 5.40. The van der Waals surface area contributed by atoms with Crippen LogP contribution in [0.15, 0.2) is 18.2 Å². The summed E-state index contributed by atoms with van der Waals surface area (Å²) in [6.07, 6.45) is 4.48. The second-order valence-electron chi connectivity index (χ2n) is 7.18. The minimum absolute atomic E-state index is 0.00990. The van der Waals surface area contributed by atoms with Gasteiger partial charge in [-0.2, -0.15) is 0 Å². The fraction of sp³-hybridized carbons (Fsp3) is 0.600. The highest BCUT2D eigenvalue weighted by molar-refractivity contribution is 5.80.